The highest BCUT2D eigenvalue weighted by molar-refractivity contribution is 9.10. The maximum Gasteiger partial charge on any atom is 0.242 e. The van der Waals surface area contributed by atoms with Crippen molar-refractivity contribution < 1.29 is 9.53 Å². The molecule has 1 amide bonds. The highest BCUT2D eigenvalue weighted by atomic mass is 79.9. The summed E-state index contributed by atoms with van der Waals surface area (Å²) in [5.41, 5.74) is 4.54. The highest BCUT2D eigenvalue weighted by Gasteiger charge is 2.43. The molecule has 2 aliphatic rings. The number of carbonyl (C=O) groups is 1. The van der Waals surface area contributed by atoms with Crippen molar-refractivity contribution >= 4 is 27.5 Å². The molecule has 4 nitrogen and oxygen atoms in total. The van der Waals surface area contributed by atoms with Gasteiger partial charge in [0.1, 0.15) is 5.75 Å². The van der Waals surface area contributed by atoms with Gasteiger partial charge in [-0.3, -0.25) is 4.79 Å². The number of fused-ring (bicyclic) bond motifs is 3. The maximum atomic E-state index is 12.6. The van der Waals surface area contributed by atoms with Crippen LogP contribution in [0, 0.1) is 5.92 Å². The number of aryl methyl sites for hydroxylation is 1. The molecule has 0 saturated carbocycles. The predicted molar refractivity (Wildman–Crippen MR) is 105 cm³/mol. The Morgan fingerprint density at radius 1 is 1.27 bits per heavy atom. The second kappa shape index (κ2) is 6.88. The Morgan fingerprint density at radius 2 is 2.04 bits per heavy atom. The first-order valence-electron chi connectivity index (χ1n) is 8.95. The summed E-state index contributed by atoms with van der Waals surface area (Å²) in [6.07, 6.45) is 2.43. The summed E-state index contributed by atoms with van der Waals surface area (Å²) >= 11 is 3.49. The monoisotopic (exact) mass is 412 g/mol. The fourth-order valence-corrected chi connectivity index (χ4v) is 4.24. The lowest BCUT2D eigenvalue weighted by atomic mass is 9.77. The van der Waals surface area contributed by atoms with Crippen LogP contribution in [0.25, 0.3) is 0 Å². The number of nitrogens with zero attached hydrogens (tertiary/aromatic N) is 2. The number of methoxy groups -OCH3 is 1. The van der Waals surface area contributed by atoms with E-state index in [1.807, 2.05) is 25.1 Å². The van der Waals surface area contributed by atoms with Gasteiger partial charge in [-0.05, 0) is 48.2 Å². The Balaban J connectivity index is 1.80. The van der Waals surface area contributed by atoms with Crippen molar-refractivity contribution in [2.24, 2.45) is 11.0 Å². The summed E-state index contributed by atoms with van der Waals surface area (Å²) in [7, 11) is 1.68. The van der Waals surface area contributed by atoms with Crippen LogP contribution in [0.15, 0.2) is 52.0 Å². The second-order valence-corrected chi connectivity index (χ2v) is 7.66. The van der Waals surface area contributed by atoms with E-state index in [-0.39, 0.29) is 17.9 Å². The predicted octanol–water partition coefficient (Wildman–Crippen LogP) is 4.72. The number of hydrogen-bond acceptors (Lipinski definition) is 3. The number of hydrazone groups is 1. The van der Waals surface area contributed by atoms with Gasteiger partial charge in [-0.25, -0.2) is 5.01 Å². The molecule has 0 fully saturated rings. The zero-order chi connectivity index (χ0) is 18.3. The summed E-state index contributed by atoms with van der Waals surface area (Å²) in [6, 6.07) is 14.4. The zero-order valence-corrected chi connectivity index (χ0v) is 16.5. The topological polar surface area (TPSA) is 41.9 Å². The molecule has 0 saturated heterocycles. The van der Waals surface area contributed by atoms with Crippen LogP contribution >= 0.6 is 15.9 Å². The van der Waals surface area contributed by atoms with Gasteiger partial charge in [-0.15, -0.1) is 0 Å². The van der Waals surface area contributed by atoms with Crippen molar-refractivity contribution in [3.05, 3.63) is 63.6 Å². The average Bonchev–Trinajstić information content (AvgIpc) is 3.07. The number of amides is 1. The van der Waals surface area contributed by atoms with E-state index in [2.05, 4.69) is 40.2 Å². The first kappa shape index (κ1) is 17.3. The van der Waals surface area contributed by atoms with E-state index in [1.54, 1.807) is 12.1 Å². The molecule has 0 unspecified atom stereocenters. The quantitative estimate of drug-likeness (QED) is 0.731. The lowest BCUT2D eigenvalue weighted by molar-refractivity contribution is -0.133. The number of carbonyl (C=O) groups excluding carboxylic acids is 1. The van der Waals surface area contributed by atoms with Crippen LogP contribution in [-0.2, 0) is 11.2 Å². The van der Waals surface area contributed by atoms with Crippen molar-refractivity contribution in [2.45, 2.75) is 32.2 Å². The van der Waals surface area contributed by atoms with Gasteiger partial charge < -0.3 is 4.74 Å². The third kappa shape index (κ3) is 2.84. The van der Waals surface area contributed by atoms with E-state index in [1.165, 1.54) is 5.56 Å². The van der Waals surface area contributed by atoms with Crippen LogP contribution in [0.1, 0.15) is 42.5 Å². The first-order valence-corrected chi connectivity index (χ1v) is 9.75. The summed E-state index contributed by atoms with van der Waals surface area (Å²) in [5, 5.41) is 6.52. The molecule has 0 N–H and O–H groups in total. The van der Waals surface area contributed by atoms with Crippen molar-refractivity contribution in [1.29, 1.82) is 0 Å². The third-order valence-electron chi connectivity index (χ3n) is 5.30. The molecule has 1 heterocycles. The molecule has 1 aliphatic carbocycles. The van der Waals surface area contributed by atoms with Gasteiger partial charge in [0.15, 0.2) is 0 Å². The van der Waals surface area contributed by atoms with Gasteiger partial charge in [0.05, 0.1) is 18.9 Å². The van der Waals surface area contributed by atoms with Gasteiger partial charge >= 0.3 is 0 Å². The summed E-state index contributed by atoms with van der Waals surface area (Å²) in [4.78, 5) is 12.6. The van der Waals surface area contributed by atoms with Crippen molar-refractivity contribution in [1.82, 2.24) is 5.01 Å². The molecule has 0 radical (unpaired) electrons. The number of hydrogen-bond donors (Lipinski definition) is 0. The van der Waals surface area contributed by atoms with Gasteiger partial charge in [-0.1, -0.05) is 41.1 Å². The van der Waals surface area contributed by atoms with Crippen LogP contribution in [0.4, 0.5) is 0 Å². The van der Waals surface area contributed by atoms with E-state index < -0.39 is 0 Å². The SMILES string of the molecule is CCC(=O)N1N=C2c3cc(OC)ccc3CC[C@H]2[C@H]1c1ccc(Br)cc1. The number of benzene rings is 2. The molecular formula is C21H21BrN2O2. The van der Waals surface area contributed by atoms with Gasteiger partial charge in [-0.2, -0.15) is 5.10 Å². The molecule has 2 aromatic carbocycles. The highest BCUT2D eigenvalue weighted by Crippen LogP contribution is 2.44. The van der Waals surface area contributed by atoms with Crippen molar-refractivity contribution in [3.63, 3.8) is 0 Å². The number of halogens is 1. The molecule has 134 valence electrons. The Hall–Kier alpha value is -2.14. The van der Waals surface area contributed by atoms with Gasteiger partial charge in [0, 0.05) is 22.4 Å². The largest absolute Gasteiger partial charge is 0.497 e. The normalized spacial score (nSPS) is 21.0. The van der Waals surface area contributed by atoms with Crippen LogP contribution in [0.5, 0.6) is 5.75 Å². The third-order valence-corrected chi connectivity index (χ3v) is 5.83. The Morgan fingerprint density at radius 3 is 2.73 bits per heavy atom. The Labute approximate surface area is 162 Å². The number of ether oxygens (including phenoxy) is 1. The van der Waals surface area contributed by atoms with E-state index >= 15 is 0 Å². The summed E-state index contributed by atoms with van der Waals surface area (Å²) in [6.45, 7) is 1.89. The fourth-order valence-electron chi connectivity index (χ4n) is 3.98. The van der Waals surface area contributed by atoms with E-state index in [0.29, 0.717) is 6.42 Å². The van der Waals surface area contributed by atoms with Gasteiger partial charge in [0.2, 0.25) is 5.91 Å². The Bertz CT molecular complexity index is 876. The number of rotatable bonds is 3. The summed E-state index contributed by atoms with van der Waals surface area (Å²) < 4.78 is 6.44. The Kier molecular flexibility index (Phi) is 4.57. The molecule has 0 aromatic heterocycles. The first-order chi connectivity index (χ1) is 12.6. The van der Waals surface area contributed by atoms with Crippen molar-refractivity contribution in [2.75, 3.05) is 7.11 Å². The molecule has 26 heavy (non-hydrogen) atoms. The fraction of sp³-hybridized carbons (Fsp3) is 0.333. The van der Waals surface area contributed by atoms with Crippen LogP contribution in [0.2, 0.25) is 0 Å². The molecular weight excluding hydrogens is 392 g/mol. The van der Waals surface area contributed by atoms with E-state index in [4.69, 9.17) is 9.84 Å². The maximum absolute atomic E-state index is 12.6. The molecule has 5 heteroatoms. The molecule has 0 spiro atoms. The molecule has 4 rings (SSSR count). The van der Waals surface area contributed by atoms with Crippen LogP contribution < -0.4 is 4.74 Å². The lowest BCUT2D eigenvalue weighted by Gasteiger charge is -2.29. The molecule has 0 bridgehead atoms. The molecule has 1 aliphatic heterocycles. The van der Waals surface area contributed by atoms with Crippen LogP contribution in [0.3, 0.4) is 0 Å². The minimum absolute atomic E-state index is 0.0371. The minimum atomic E-state index is -0.0371. The van der Waals surface area contributed by atoms with E-state index in [9.17, 15) is 4.79 Å². The smallest absolute Gasteiger partial charge is 0.242 e. The summed E-state index contributed by atoms with van der Waals surface area (Å²) in [5.74, 6) is 1.10. The standard InChI is InChI=1S/C21H21BrN2O2/c1-3-19(25)24-21(14-4-8-15(22)9-5-14)17-11-7-13-6-10-16(26-2)12-18(13)20(17)23-24/h4-6,8-10,12,17,21H,3,7,11H2,1-2H3/t17-,21-/m1/s1. The lowest BCUT2D eigenvalue weighted by Crippen LogP contribution is -2.31. The molecule has 2 atom stereocenters. The van der Waals surface area contributed by atoms with Crippen LogP contribution in [-0.4, -0.2) is 23.7 Å². The average molecular weight is 413 g/mol. The second-order valence-electron chi connectivity index (χ2n) is 6.74. The van der Waals surface area contributed by atoms with E-state index in [0.717, 1.165) is 39.9 Å². The van der Waals surface area contributed by atoms with Crippen molar-refractivity contribution in [3.8, 4) is 5.75 Å². The minimum Gasteiger partial charge on any atom is -0.497 e. The zero-order valence-electron chi connectivity index (χ0n) is 14.9. The van der Waals surface area contributed by atoms with Gasteiger partial charge in [0.25, 0.3) is 0 Å². The molecule has 2 aromatic rings.